The highest BCUT2D eigenvalue weighted by atomic mass is 16.5. The highest BCUT2D eigenvalue weighted by Crippen LogP contribution is 2.57. The molecule has 2 saturated heterocycles. The molecule has 7 nitrogen and oxygen atoms in total. The average Bonchev–Trinajstić information content (AvgIpc) is 3.43. The third-order valence-corrected chi connectivity index (χ3v) is 8.06. The van der Waals surface area contributed by atoms with E-state index in [1.165, 1.54) is 6.42 Å². The normalized spacial score (nSPS) is 35.0. The fourth-order valence-corrected chi connectivity index (χ4v) is 6.38. The van der Waals surface area contributed by atoms with Crippen LogP contribution in [0.25, 0.3) is 0 Å². The molecule has 3 aliphatic heterocycles. The minimum absolute atomic E-state index is 0.0728. The third kappa shape index (κ3) is 3.39. The summed E-state index contributed by atoms with van der Waals surface area (Å²) >= 11 is 0. The second kappa shape index (κ2) is 7.97. The van der Waals surface area contributed by atoms with Crippen LogP contribution in [0.4, 0.5) is 0 Å². The van der Waals surface area contributed by atoms with E-state index in [4.69, 9.17) is 4.74 Å². The van der Waals surface area contributed by atoms with Crippen molar-refractivity contribution in [3.05, 3.63) is 48.0 Å². The van der Waals surface area contributed by atoms with Gasteiger partial charge in [-0.15, -0.1) is 0 Å². The van der Waals surface area contributed by atoms with Crippen molar-refractivity contribution in [1.82, 2.24) is 15.5 Å². The topological polar surface area (TPSA) is 87.7 Å². The van der Waals surface area contributed by atoms with Crippen LogP contribution in [-0.2, 0) is 25.7 Å². The van der Waals surface area contributed by atoms with Gasteiger partial charge in [-0.2, -0.15) is 0 Å². The molecule has 0 radical (unpaired) electrons. The number of carbonyl (C=O) groups is 3. The number of nitrogens with zero attached hydrogens (tertiary/aromatic N) is 1. The number of nitrogens with one attached hydrogen (secondary N) is 2. The quantitative estimate of drug-likeness (QED) is 0.651. The smallest absolute Gasteiger partial charge is 0.246 e. The maximum absolute atomic E-state index is 13.7. The molecule has 2 aliphatic carbocycles. The van der Waals surface area contributed by atoms with E-state index >= 15 is 0 Å². The number of likely N-dealkylation sites (tertiary alicyclic amines) is 1. The molecular weight excluding hydrogens is 418 g/mol. The molecule has 2 N–H and O–H groups in total. The first-order chi connectivity index (χ1) is 16.1. The van der Waals surface area contributed by atoms with Gasteiger partial charge in [-0.1, -0.05) is 61.7 Å². The highest BCUT2D eigenvalue weighted by Gasteiger charge is 2.74. The number of carbonyl (C=O) groups excluding carboxylic acids is 3. The van der Waals surface area contributed by atoms with Gasteiger partial charge in [0.2, 0.25) is 17.7 Å². The first-order valence-corrected chi connectivity index (χ1v) is 12.4. The molecule has 2 saturated carbocycles. The van der Waals surface area contributed by atoms with E-state index in [1.807, 2.05) is 42.5 Å². The molecule has 33 heavy (non-hydrogen) atoms. The van der Waals surface area contributed by atoms with E-state index in [9.17, 15) is 14.4 Å². The van der Waals surface area contributed by atoms with Gasteiger partial charge in [0.15, 0.2) is 0 Å². The molecule has 5 aliphatic rings. The molecule has 1 spiro atoms. The van der Waals surface area contributed by atoms with Crippen molar-refractivity contribution < 1.29 is 19.1 Å². The lowest BCUT2D eigenvalue weighted by molar-refractivity contribution is -0.142. The summed E-state index contributed by atoms with van der Waals surface area (Å²) in [6.45, 7) is 0.401. The Labute approximate surface area is 193 Å². The maximum Gasteiger partial charge on any atom is 0.246 e. The highest BCUT2D eigenvalue weighted by molar-refractivity contribution is 6.00. The van der Waals surface area contributed by atoms with Crippen LogP contribution >= 0.6 is 0 Å². The van der Waals surface area contributed by atoms with E-state index in [2.05, 4.69) is 10.6 Å². The van der Waals surface area contributed by atoms with Crippen LogP contribution in [0.15, 0.2) is 42.5 Å². The van der Waals surface area contributed by atoms with Crippen LogP contribution in [0.1, 0.15) is 50.5 Å². The van der Waals surface area contributed by atoms with Crippen molar-refractivity contribution in [3.63, 3.8) is 0 Å². The largest absolute Gasteiger partial charge is 0.359 e. The Balaban J connectivity index is 1.25. The number of hydrogen-bond donors (Lipinski definition) is 2. The predicted octanol–water partition coefficient (Wildman–Crippen LogP) is 2.06. The van der Waals surface area contributed by atoms with Gasteiger partial charge in [-0.05, 0) is 31.2 Å². The molecule has 3 heterocycles. The summed E-state index contributed by atoms with van der Waals surface area (Å²) in [7, 11) is 0. The van der Waals surface area contributed by atoms with Gasteiger partial charge < -0.3 is 20.3 Å². The van der Waals surface area contributed by atoms with Gasteiger partial charge in [-0.25, -0.2) is 0 Å². The molecule has 0 aromatic heterocycles. The van der Waals surface area contributed by atoms with E-state index in [-0.39, 0.29) is 29.8 Å². The summed E-state index contributed by atoms with van der Waals surface area (Å²) in [5.74, 6) is -1.67. The van der Waals surface area contributed by atoms with Gasteiger partial charge in [-0.3, -0.25) is 14.4 Å². The summed E-state index contributed by atoms with van der Waals surface area (Å²) in [4.78, 5) is 42.3. The zero-order chi connectivity index (χ0) is 22.6. The fourth-order valence-electron chi connectivity index (χ4n) is 6.38. The van der Waals surface area contributed by atoms with Crippen LogP contribution in [0.3, 0.4) is 0 Å². The van der Waals surface area contributed by atoms with Crippen LogP contribution in [0, 0.1) is 11.8 Å². The number of benzene rings is 1. The molecule has 1 aromatic carbocycles. The number of amides is 3. The van der Waals surface area contributed by atoms with E-state index < -0.39 is 29.6 Å². The van der Waals surface area contributed by atoms with Crippen molar-refractivity contribution in [2.45, 2.75) is 81.3 Å². The summed E-state index contributed by atoms with van der Waals surface area (Å²) < 4.78 is 6.38. The maximum atomic E-state index is 13.7. The Bertz CT molecular complexity index is 985. The Morgan fingerprint density at radius 1 is 1.03 bits per heavy atom. The molecule has 174 valence electrons. The Hall–Kier alpha value is -2.67. The van der Waals surface area contributed by atoms with Crippen molar-refractivity contribution in [1.29, 1.82) is 0 Å². The van der Waals surface area contributed by atoms with Gasteiger partial charge in [0, 0.05) is 18.6 Å². The molecule has 0 unspecified atom stereocenters. The van der Waals surface area contributed by atoms with Gasteiger partial charge in [0.25, 0.3) is 0 Å². The lowest BCUT2D eigenvalue weighted by Crippen LogP contribution is -2.57. The summed E-state index contributed by atoms with van der Waals surface area (Å²) in [5, 5.41) is 6.23. The molecule has 7 heteroatoms. The van der Waals surface area contributed by atoms with Crippen LogP contribution in [0.2, 0.25) is 0 Å². The van der Waals surface area contributed by atoms with E-state index in [0.717, 1.165) is 44.1 Å². The first kappa shape index (κ1) is 20.9. The number of rotatable bonds is 6. The molecular formula is C26H31N3O4. The lowest BCUT2D eigenvalue weighted by atomic mass is 9.74. The van der Waals surface area contributed by atoms with Crippen LogP contribution < -0.4 is 10.6 Å². The number of fused-ring (bicyclic) bond motifs is 1. The zero-order valence-electron chi connectivity index (χ0n) is 18.7. The van der Waals surface area contributed by atoms with Crippen molar-refractivity contribution >= 4 is 17.7 Å². The summed E-state index contributed by atoms with van der Waals surface area (Å²) in [6, 6.07) is 9.26. The average molecular weight is 450 g/mol. The molecule has 4 fully saturated rings. The van der Waals surface area contributed by atoms with Crippen molar-refractivity contribution in [2.24, 2.45) is 11.8 Å². The second-order valence-corrected chi connectivity index (χ2v) is 10.2. The predicted molar refractivity (Wildman–Crippen MR) is 121 cm³/mol. The fraction of sp³-hybridized carbons (Fsp3) is 0.577. The number of hydrogen-bond acceptors (Lipinski definition) is 4. The summed E-state index contributed by atoms with van der Waals surface area (Å²) in [5.41, 5.74) is -0.0417. The standard InChI is InChI=1S/C26H31N3O4/c30-23(27-15-16-7-3-1-4-8-16)20-19-13-14-26(33-19)21(20)25(32)29(18-11-12-18)22(26)24(31)28-17-9-5-2-6-10-17/h1,3-4,7-8,13-14,17-22H,2,5-6,9-12,15H2,(H,27,30)(H,28,31)/t19-,20-,21+,22-,26+/m1/s1. The SMILES string of the molecule is O=C(NCc1ccccc1)[C@H]1[C@H]2C(=O)N(C3CC3)[C@H](C(=O)NC3CCCCC3)[C@]23C=C[C@H]1O3. The Morgan fingerprint density at radius 2 is 1.79 bits per heavy atom. The molecule has 5 atom stereocenters. The van der Waals surface area contributed by atoms with Crippen LogP contribution in [-0.4, -0.2) is 52.5 Å². The molecule has 3 amide bonds. The molecule has 6 rings (SSSR count). The first-order valence-electron chi connectivity index (χ1n) is 12.4. The van der Waals surface area contributed by atoms with Gasteiger partial charge in [0.05, 0.1) is 17.9 Å². The Kier molecular flexibility index (Phi) is 5.05. The van der Waals surface area contributed by atoms with Crippen molar-refractivity contribution in [2.75, 3.05) is 0 Å². The lowest BCUT2D eigenvalue weighted by Gasteiger charge is -2.34. The zero-order valence-corrected chi connectivity index (χ0v) is 18.7. The second-order valence-electron chi connectivity index (χ2n) is 10.2. The minimum Gasteiger partial charge on any atom is -0.359 e. The number of ether oxygens (including phenoxy) is 1. The van der Waals surface area contributed by atoms with E-state index in [0.29, 0.717) is 6.54 Å². The Morgan fingerprint density at radius 3 is 2.52 bits per heavy atom. The van der Waals surface area contributed by atoms with Gasteiger partial charge >= 0.3 is 0 Å². The monoisotopic (exact) mass is 449 g/mol. The van der Waals surface area contributed by atoms with Gasteiger partial charge in [0.1, 0.15) is 11.6 Å². The van der Waals surface area contributed by atoms with Crippen LogP contribution in [0.5, 0.6) is 0 Å². The molecule has 2 bridgehead atoms. The van der Waals surface area contributed by atoms with E-state index in [1.54, 1.807) is 4.90 Å². The van der Waals surface area contributed by atoms with Crippen molar-refractivity contribution in [3.8, 4) is 0 Å². The third-order valence-electron chi connectivity index (χ3n) is 8.06. The summed E-state index contributed by atoms with van der Waals surface area (Å²) in [6.07, 6.45) is 10.5. The minimum atomic E-state index is -1.04. The molecule has 1 aromatic rings.